The van der Waals surface area contributed by atoms with Crippen LogP contribution in [0.5, 0.6) is 0 Å². The number of fused-ring (bicyclic) bond motifs is 1. The third kappa shape index (κ3) is 4.84. The van der Waals surface area contributed by atoms with E-state index in [1.807, 2.05) is 0 Å². The summed E-state index contributed by atoms with van der Waals surface area (Å²) in [6, 6.07) is 10.6. The molecule has 0 fully saturated rings. The maximum Gasteiger partial charge on any atom is 0.416 e. The molecule has 36 heavy (non-hydrogen) atoms. The zero-order chi connectivity index (χ0) is 25.3. The average molecular weight is 496 g/mol. The van der Waals surface area contributed by atoms with E-state index in [-0.39, 0.29) is 36.0 Å². The van der Waals surface area contributed by atoms with Gasteiger partial charge in [0.05, 0.1) is 35.8 Å². The number of amides is 2. The van der Waals surface area contributed by atoms with Crippen LogP contribution < -0.4 is 15.5 Å². The Hall–Kier alpha value is -4.45. The van der Waals surface area contributed by atoms with Gasteiger partial charge in [0.25, 0.3) is 0 Å². The number of aliphatic hydroxyl groups is 1. The lowest BCUT2D eigenvalue weighted by Crippen LogP contribution is -2.41. The monoisotopic (exact) mass is 496 g/mol. The highest BCUT2D eigenvalue weighted by molar-refractivity contribution is 6.03. The fourth-order valence-corrected chi connectivity index (χ4v) is 3.76. The van der Waals surface area contributed by atoms with Crippen LogP contribution in [0.15, 0.2) is 71.7 Å². The SMILES string of the molecule is O=C(Nc1cc(-c2cnco2)ccn1)N1C[C@H](O)CNc2ccc(-c3cccc(C(F)(F)F)c3)nc21. The van der Waals surface area contributed by atoms with Crippen molar-refractivity contribution in [3.8, 4) is 22.6 Å². The van der Waals surface area contributed by atoms with Gasteiger partial charge in [-0.3, -0.25) is 10.2 Å². The van der Waals surface area contributed by atoms with Crippen LogP contribution in [0.3, 0.4) is 0 Å². The molecule has 3 aromatic heterocycles. The number of halogens is 3. The predicted molar refractivity (Wildman–Crippen MR) is 125 cm³/mol. The summed E-state index contributed by atoms with van der Waals surface area (Å²) in [5.74, 6) is 0.863. The second-order valence-corrected chi connectivity index (χ2v) is 8.02. The number of aliphatic hydroxyl groups excluding tert-OH is 1. The fourth-order valence-electron chi connectivity index (χ4n) is 3.76. The van der Waals surface area contributed by atoms with Gasteiger partial charge in [-0.05, 0) is 36.4 Å². The summed E-state index contributed by atoms with van der Waals surface area (Å²) in [4.78, 5) is 27.0. The van der Waals surface area contributed by atoms with E-state index in [9.17, 15) is 23.1 Å². The van der Waals surface area contributed by atoms with Crippen LogP contribution in [0.2, 0.25) is 0 Å². The smallest absolute Gasteiger partial charge is 0.416 e. The quantitative estimate of drug-likeness (QED) is 0.378. The lowest BCUT2D eigenvalue weighted by atomic mass is 10.1. The van der Waals surface area contributed by atoms with Crippen molar-refractivity contribution in [2.24, 2.45) is 0 Å². The molecule has 0 saturated heterocycles. The molecule has 0 saturated carbocycles. The number of nitrogens with zero attached hydrogens (tertiary/aromatic N) is 4. The number of hydrogen-bond acceptors (Lipinski definition) is 7. The number of β-amino-alcohol motifs (C(OH)–C–C–N with tert-alkyl or cyclic N) is 1. The van der Waals surface area contributed by atoms with Gasteiger partial charge in [0.1, 0.15) is 5.82 Å². The van der Waals surface area contributed by atoms with Crippen LogP contribution in [0, 0.1) is 0 Å². The standard InChI is InChI=1S/C24H19F3N6O3/c25-24(26,27)16-3-1-2-14(8-16)18-4-5-19-22(31-18)33(12-17(34)10-30-19)23(35)32-21-9-15(6-7-29-21)20-11-28-13-36-20/h1-9,11,13,17,30,34H,10,12H2,(H,29,32,35)/t17-/m1/s1. The Kier molecular flexibility index (Phi) is 6.02. The first-order valence-corrected chi connectivity index (χ1v) is 10.8. The maximum atomic E-state index is 13.3. The third-order valence-electron chi connectivity index (χ3n) is 5.49. The van der Waals surface area contributed by atoms with Gasteiger partial charge in [-0.25, -0.2) is 19.7 Å². The Bertz CT molecular complexity index is 1390. The number of benzene rings is 1. The molecular formula is C24H19F3N6O3. The molecule has 1 aromatic carbocycles. The van der Waals surface area contributed by atoms with Crippen LogP contribution >= 0.6 is 0 Å². The van der Waals surface area contributed by atoms with Crippen molar-refractivity contribution in [3.05, 3.63) is 72.9 Å². The summed E-state index contributed by atoms with van der Waals surface area (Å²) in [5.41, 5.74) is 0.750. The number of aromatic nitrogens is 3. The molecule has 1 aliphatic rings. The third-order valence-corrected chi connectivity index (χ3v) is 5.49. The number of oxazole rings is 1. The van der Waals surface area contributed by atoms with Crippen molar-refractivity contribution >= 4 is 23.4 Å². The van der Waals surface area contributed by atoms with E-state index in [4.69, 9.17) is 4.42 Å². The van der Waals surface area contributed by atoms with Crippen molar-refractivity contribution in [3.63, 3.8) is 0 Å². The topological polar surface area (TPSA) is 116 Å². The minimum atomic E-state index is -4.51. The molecule has 0 unspecified atom stereocenters. The molecule has 4 heterocycles. The van der Waals surface area contributed by atoms with E-state index in [1.54, 1.807) is 24.3 Å². The first-order valence-electron chi connectivity index (χ1n) is 10.8. The summed E-state index contributed by atoms with van der Waals surface area (Å²) >= 11 is 0. The molecule has 12 heteroatoms. The molecule has 184 valence electrons. The first-order chi connectivity index (χ1) is 17.3. The normalized spacial score (nSPS) is 15.6. The zero-order valence-corrected chi connectivity index (χ0v) is 18.5. The van der Waals surface area contributed by atoms with E-state index in [2.05, 4.69) is 25.6 Å². The Labute approximate surface area is 202 Å². The first kappa shape index (κ1) is 23.3. The molecule has 0 radical (unpaired) electrons. The Balaban J connectivity index is 1.47. The highest BCUT2D eigenvalue weighted by atomic mass is 19.4. The molecule has 1 atom stereocenters. The molecule has 5 rings (SSSR count). The van der Waals surface area contributed by atoms with Crippen molar-refractivity contribution in [2.45, 2.75) is 12.3 Å². The molecule has 2 amide bonds. The number of carbonyl (C=O) groups excluding carboxylic acids is 1. The molecule has 0 aliphatic carbocycles. The number of alkyl halides is 3. The van der Waals surface area contributed by atoms with Gasteiger partial charge in [0.2, 0.25) is 0 Å². The number of pyridine rings is 2. The largest absolute Gasteiger partial charge is 0.444 e. The second-order valence-electron chi connectivity index (χ2n) is 8.02. The lowest BCUT2D eigenvalue weighted by molar-refractivity contribution is -0.137. The minimum absolute atomic E-state index is 0.104. The maximum absolute atomic E-state index is 13.3. The van der Waals surface area contributed by atoms with Crippen LogP contribution in [0.4, 0.5) is 35.3 Å². The van der Waals surface area contributed by atoms with Gasteiger partial charge in [-0.2, -0.15) is 13.2 Å². The summed E-state index contributed by atoms with van der Waals surface area (Å²) in [7, 11) is 0. The predicted octanol–water partition coefficient (Wildman–Crippen LogP) is 4.64. The van der Waals surface area contributed by atoms with Gasteiger partial charge in [-0.1, -0.05) is 12.1 Å². The van der Waals surface area contributed by atoms with E-state index < -0.39 is 23.9 Å². The van der Waals surface area contributed by atoms with Crippen molar-refractivity contribution in [2.75, 3.05) is 28.6 Å². The van der Waals surface area contributed by atoms with Gasteiger partial charge >= 0.3 is 12.2 Å². The number of carbonyl (C=O) groups is 1. The van der Waals surface area contributed by atoms with Crippen LogP contribution in [0.25, 0.3) is 22.6 Å². The van der Waals surface area contributed by atoms with Crippen LogP contribution in [-0.4, -0.2) is 45.3 Å². The molecule has 1 aliphatic heterocycles. The van der Waals surface area contributed by atoms with E-state index in [0.29, 0.717) is 17.0 Å². The van der Waals surface area contributed by atoms with E-state index in [1.165, 1.54) is 35.8 Å². The van der Waals surface area contributed by atoms with Crippen LogP contribution in [-0.2, 0) is 6.18 Å². The summed E-state index contributed by atoms with van der Waals surface area (Å²) in [6.07, 6.45) is -1.13. The van der Waals surface area contributed by atoms with Crippen molar-refractivity contribution in [1.29, 1.82) is 0 Å². The highest BCUT2D eigenvalue weighted by Crippen LogP contribution is 2.34. The Morgan fingerprint density at radius 2 is 2.03 bits per heavy atom. The summed E-state index contributed by atoms with van der Waals surface area (Å²) < 4.78 is 44.9. The van der Waals surface area contributed by atoms with Gasteiger partial charge in [-0.15, -0.1) is 0 Å². The van der Waals surface area contributed by atoms with Gasteiger partial charge in [0, 0.05) is 23.9 Å². The fraction of sp³-hybridized carbons (Fsp3) is 0.167. The molecule has 0 bridgehead atoms. The highest BCUT2D eigenvalue weighted by Gasteiger charge is 2.31. The van der Waals surface area contributed by atoms with Gasteiger partial charge in [0.15, 0.2) is 18.0 Å². The average Bonchev–Trinajstić information content (AvgIpc) is 3.35. The number of anilines is 3. The lowest BCUT2D eigenvalue weighted by Gasteiger charge is -2.23. The zero-order valence-electron chi connectivity index (χ0n) is 18.5. The molecule has 0 spiro atoms. The number of nitrogens with one attached hydrogen (secondary N) is 2. The molecule has 9 nitrogen and oxygen atoms in total. The summed E-state index contributed by atoms with van der Waals surface area (Å²) in [6.45, 7) is 0.0489. The van der Waals surface area contributed by atoms with Crippen molar-refractivity contribution < 1.29 is 27.5 Å². The van der Waals surface area contributed by atoms with E-state index in [0.717, 1.165) is 12.1 Å². The van der Waals surface area contributed by atoms with E-state index >= 15 is 0 Å². The molecular weight excluding hydrogens is 477 g/mol. The number of urea groups is 1. The Morgan fingerprint density at radius 3 is 2.81 bits per heavy atom. The number of hydrogen-bond donors (Lipinski definition) is 3. The van der Waals surface area contributed by atoms with Gasteiger partial charge < -0.3 is 14.8 Å². The minimum Gasteiger partial charge on any atom is -0.444 e. The molecule has 3 N–H and O–H groups in total. The molecule has 4 aromatic rings. The summed E-state index contributed by atoms with van der Waals surface area (Å²) in [5, 5.41) is 16.1. The van der Waals surface area contributed by atoms with Crippen LogP contribution in [0.1, 0.15) is 5.56 Å². The number of rotatable bonds is 3. The Morgan fingerprint density at radius 1 is 1.17 bits per heavy atom. The second kappa shape index (κ2) is 9.30. The van der Waals surface area contributed by atoms with Crippen molar-refractivity contribution in [1.82, 2.24) is 15.0 Å².